The third-order valence-corrected chi connectivity index (χ3v) is 3.54. The molecule has 0 fully saturated rings. The maximum atomic E-state index is 11.6. The fourth-order valence-electron chi connectivity index (χ4n) is 2.08. The summed E-state index contributed by atoms with van der Waals surface area (Å²) in [6, 6.07) is 9.49. The average molecular weight is 335 g/mol. The number of aromatic hydroxyl groups is 1. The van der Waals surface area contributed by atoms with Crippen LogP contribution in [0.4, 0.5) is 0 Å². The van der Waals surface area contributed by atoms with Crippen molar-refractivity contribution in [2.24, 2.45) is 0 Å². The van der Waals surface area contributed by atoms with Gasteiger partial charge in [0.15, 0.2) is 11.5 Å². The molecule has 0 atom stereocenters. The minimum absolute atomic E-state index is 0.0156. The fraction of sp³-hybridized carbons (Fsp3) is 0.118. The van der Waals surface area contributed by atoms with Crippen LogP contribution in [0, 0.1) is 0 Å². The van der Waals surface area contributed by atoms with Gasteiger partial charge in [-0.15, -0.1) is 0 Å². The Morgan fingerprint density at radius 1 is 1.13 bits per heavy atom. The van der Waals surface area contributed by atoms with E-state index >= 15 is 0 Å². The highest BCUT2D eigenvalue weighted by Gasteiger charge is 2.15. The third-order valence-electron chi connectivity index (χ3n) is 3.24. The van der Waals surface area contributed by atoms with Crippen LogP contribution in [0.2, 0.25) is 5.02 Å². The lowest BCUT2D eigenvalue weighted by Gasteiger charge is -2.09. The highest BCUT2D eigenvalue weighted by atomic mass is 35.5. The second-order valence-electron chi connectivity index (χ2n) is 4.61. The van der Waals surface area contributed by atoms with Crippen molar-refractivity contribution in [2.45, 2.75) is 0 Å². The Morgan fingerprint density at radius 3 is 2.39 bits per heavy atom. The van der Waals surface area contributed by atoms with Gasteiger partial charge in [-0.05, 0) is 29.8 Å². The SMILES string of the molecule is COc1ccc(/C(=C/c2cccc(OC)c2O)C(=O)O)cc1Cl. The number of ether oxygens (including phenoxy) is 2. The van der Waals surface area contributed by atoms with Gasteiger partial charge in [0.2, 0.25) is 0 Å². The van der Waals surface area contributed by atoms with Crippen molar-refractivity contribution in [3.05, 3.63) is 52.5 Å². The molecule has 2 rings (SSSR count). The molecule has 0 heterocycles. The Kier molecular flexibility index (Phi) is 5.13. The first-order chi connectivity index (χ1) is 11.0. The molecule has 0 aliphatic heterocycles. The van der Waals surface area contributed by atoms with E-state index in [-0.39, 0.29) is 17.1 Å². The van der Waals surface area contributed by atoms with E-state index in [0.717, 1.165) is 0 Å². The quantitative estimate of drug-likeness (QED) is 0.644. The molecular weight excluding hydrogens is 320 g/mol. The van der Waals surface area contributed by atoms with Gasteiger partial charge in [0.25, 0.3) is 0 Å². The van der Waals surface area contributed by atoms with Crippen LogP contribution >= 0.6 is 11.6 Å². The molecule has 0 aliphatic carbocycles. The number of benzene rings is 2. The van der Waals surface area contributed by atoms with E-state index < -0.39 is 5.97 Å². The molecule has 0 radical (unpaired) electrons. The van der Waals surface area contributed by atoms with E-state index in [4.69, 9.17) is 21.1 Å². The summed E-state index contributed by atoms with van der Waals surface area (Å²) in [4.78, 5) is 11.6. The molecule has 6 heteroatoms. The van der Waals surface area contributed by atoms with Crippen molar-refractivity contribution in [1.82, 2.24) is 0 Å². The summed E-state index contributed by atoms with van der Waals surface area (Å²) in [5.74, 6) is -0.567. The number of carboxylic acid groups (broad SMARTS) is 1. The van der Waals surface area contributed by atoms with Crippen LogP contribution in [0.25, 0.3) is 11.6 Å². The molecule has 0 saturated carbocycles. The predicted molar refractivity (Wildman–Crippen MR) is 88.2 cm³/mol. The first-order valence-corrected chi connectivity index (χ1v) is 7.00. The van der Waals surface area contributed by atoms with Gasteiger partial charge < -0.3 is 19.7 Å². The van der Waals surface area contributed by atoms with Crippen molar-refractivity contribution >= 4 is 29.2 Å². The number of halogens is 1. The van der Waals surface area contributed by atoms with E-state index in [2.05, 4.69) is 0 Å². The van der Waals surface area contributed by atoms with Crippen LogP contribution in [-0.4, -0.2) is 30.4 Å². The molecule has 0 aliphatic rings. The molecule has 2 aromatic rings. The van der Waals surface area contributed by atoms with E-state index in [9.17, 15) is 15.0 Å². The lowest BCUT2D eigenvalue weighted by atomic mass is 10.0. The zero-order valence-electron chi connectivity index (χ0n) is 12.5. The number of carboxylic acids is 1. The molecule has 2 N–H and O–H groups in total. The largest absolute Gasteiger partial charge is 0.504 e. The highest BCUT2D eigenvalue weighted by molar-refractivity contribution is 6.32. The molecule has 0 aromatic heterocycles. The molecule has 2 aromatic carbocycles. The Bertz CT molecular complexity index is 768. The first-order valence-electron chi connectivity index (χ1n) is 6.62. The summed E-state index contributed by atoms with van der Waals surface area (Å²) < 4.78 is 10.1. The minimum atomic E-state index is -1.14. The molecule has 5 nitrogen and oxygen atoms in total. The summed E-state index contributed by atoms with van der Waals surface area (Å²) >= 11 is 6.05. The number of aliphatic carboxylic acids is 1. The van der Waals surface area contributed by atoms with E-state index in [1.807, 2.05) is 0 Å². The number of phenolic OH excluding ortho intramolecular Hbond substituents is 1. The molecule has 0 bridgehead atoms. The summed E-state index contributed by atoms with van der Waals surface area (Å²) in [5.41, 5.74) is 0.706. The average Bonchev–Trinajstić information content (AvgIpc) is 2.53. The minimum Gasteiger partial charge on any atom is -0.504 e. The van der Waals surface area contributed by atoms with Crippen LogP contribution in [0.5, 0.6) is 17.2 Å². The van der Waals surface area contributed by atoms with Crippen molar-refractivity contribution in [1.29, 1.82) is 0 Å². The summed E-state index contributed by atoms with van der Waals surface area (Å²) in [7, 11) is 2.90. The van der Waals surface area contributed by atoms with Crippen LogP contribution < -0.4 is 9.47 Å². The molecule has 0 amide bonds. The lowest BCUT2D eigenvalue weighted by Crippen LogP contribution is -2.00. The zero-order valence-corrected chi connectivity index (χ0v) is 13.3. The number of hydrogen-bond donors (Lipinski definition) is 2. The van der Waals surface area contributed by atoms with Crippen molar-refractivity contribution in [3.8, 4) is 17.2 Å². The van der Waals surface area contributed by atoms with Crippen LogP contribution in [-0.2, 0) is 4.79 Å². The third kappa shape index (κ3) is 3.57. The van der Waals surface area contributed by atoms with Crippen molar-refractivity contribution in [2.75, 3.05) is 14.2 Å². The van der Waals surface area contributed by atoms with E-state index in [0.29, 0.717) is 21.9 Å². The number of para-hydroxylation sites is 1. The van der Waals surface area contributed by atoms with Crippen molar-refractivity contribution in [3.63, 3.8) is 0 Å². The molecule has 0 spiro atoms. The van der Waals surface area contributed by atoms with E-state index in [1.165, 1.54) is 26.4 Å². The normalized spacial score (nSPS) is 11.2. The second kappa shape index (κ2) is 7.07. The Labute approximate surface area is 138 Å². The van der Waals surface area contributed by atoms with Gasteiger partial charge in [-0.1, -0.05) is 29.8 Å². The summed E-state index contributed by atoms with van der Waals surface area (Å²) in [5, 5.41) is 19.9. The van der Waals surface area contributed by atoms with E-state index in [1.54, 1.807) is 30.3 Å². The summed E-state index contributed by atoms with van der Waals surface area (Å²) in [6.45, 7) is 0. The first kappa shape index (κ1) is 16.7. The molecule has 23 heavy (non-hydrogen) atoms. The molecule has 0 saturated heterocycles. The van der Waals surface area contributed by atoms with Crippen LogP contribution in [0.15, 0.2) is 36.4 Å². The van der Waals surface area contributed by atoms with Gasteiger partial charge in [0, 0.05) is 5.56 Å². The topological polar surface area (TPSA) is 76.0 Å². The van der Waals surface area contributed by atoms with Gasteiger partial charge in [0.05, 0.1) is 24.8 Å². The zero-order chi connectivity index (χ0) is 17.0. The number of rotatable bonds is 5. The van der Waals surface area contributed by atoms with Gasteiger partial charge in [-0.2, -0.15) is 0 Å². The summed E-state index contributed by atoms with van der Waals surface area (Å²) in [6.07, 6.45) is 1.36. The maximum absolute atomic E-state index is 11.6. The number of methoxy groups -OCH3 is 2. The van der Waals surface area contributed by atoms with Gasteiger partial charge in [0.1, 0.15) is 5.75 Å². The fourth-order valence-corrected chi connectivity index (χ4v) is 2.34. The van der Waals surface area contributed by atoms with Crippen LogP contribution in [0.1, 0.15) is 11.1 Å². The molecular formula is C17H15ClO5. The molecule has 120 valence electrons. The standard InChI is InChI=1S/C17H15ClO5/c1-22-14-7-6-10(9-13(14)18)12(17(20)21)8-11-4-3-5-15(23-2)16(11)19/h3-9,19H,1-2H3,(H,20,21)/b12-8-. The van der Waals surface area contributed by atoms with Crippen molar-refractivity contribution < 1.29 is 24.5 Å². The smallest absolute Gasteiger partial charge is 0.336 e. The predicted octanol–water partition coefficient (Wildman–Crippen LogP) is 3.69. The number of carbonyl (C=O) groups is 1. The Morgan fingerprint density at radius 2 is 1.83 bits per heavy atom. The van der Waals surface area contributed by atoms with Gasteiger partial charge in [-0.25, -0.2) is 4.79 Å². The monoisotopic (exact) mass is 334 g/mol. The highest BCUT2D eigenvalue weighted by Crippen LogP contribution is 2.34. The van der Waals surface area contributed by atoms with Gasteiger partial charge in [-0.3, -0.25) is 0 Å². The lowest BCUT2D eigenvalue weighted by molar-refractivity contribution is -0.130. The second-order valence-corrected chi connectivity index (χ2v) is 5.02. The Hall–Kier alpha value is -2.66. The van der Waals surface area contributed by atoms with Crippen LogP contribution in [0.3, 0.4) is 0 Å². The maximum Gasteiger partial charge on any atom is 0.336 e. The molecule has 0 unspecified atom stereocenters. The number of phenols is 1. The van der Waals surface area contributed by atoms with Gasteiger partial charge >= 0.3 is 5.97 Å². The Balaban J connectivity index is 2.55. The number of hydrogen-bond acceptors (Lipinski definition) is 4.